The zero-order chi connectivity index (χ0) is 12.1. The van der Waals surface area contributed by atoms with Gasteiger partial charge in [-0.1, -0.05) is 11.3 Å². The maximum Gasteiger partial charge on any atom is 0.380 e. The summed E-state index contributed by atoms with van der Waals surface area (Å²) in [6.45, 7) is 6.10. The fourth-order valence-corrected chi connectivity index (χ4v) is 2.16. The summed E-state index contributed by atoms with van der Waals surface area (Å²) in [5, 5.41) is 0.676. The lowest BCUT2D eigenvalue weighted by Gasteiger charge is -1.98. The summed E-state index contributed by atoms with van der Waals surface area (Å²) in [6.07, 6.45) is 0. The lowest BCUT2D eigenvalue weighted by Crippen LogP contribution is -2.16. The highest BCUT2D eigenvalue weighted by atomic mass is 32.1. The number of thiophene rings is 1. The number of aryl methyl sites for hydroxylation is 1. The molecule has 1 aromatic heterocycles. The van der Waals surface area contributed by atoms with Gasteiger partial charge in [0.15, 0.2) is 5.06 Å². The lowest BCUT2D eigenvalue weighted by atomic mass is 10.3. The van der Waals surface area contributed by atoms with Crippen LogP contribution in [0.25, 0.3) is 0 Å². The van der Waals surface area contributed by atoms with E-state index in [1.165, 1.54) is 11.3 Å². The van der Waals surface area contributed by atoms with Gasteiger partial charge in [0.25, 0.3) is 5.78 Å². The van der Waals surface area contributed by atoms with Gasteiger partial charge in [-0.25, -0.2) is 4.79 Å². The van der Waals surface area contributed by atoms with Crippen molar-refractivity contribution in [1.82, 2.24) is 0 Å². The average Bonchev–Trinajstić information content (AvgIpc) is 2.60. The van der Waals surface area contributed by atoms with Gasteiger partial charge in [-0.05, 0) is 26.8 Å². The Morgan fingerprint density at radius 3 is 2.56 bits per heavy atom. The first-order valence-electron chi connectivity index (χ1n) is 5.04. The van der Waals surface area contributed by atoms with Crippen LogP contribution in [0.2, 0.25) is 0 Å². The third-order valence-corrected chi connectivity index (χ3v) is 2.98. The Morgan fingerprint density at radius 2 is 2.00 bits per heavy atom. The number of rotatable bonds is 5. The first kappa shape index (κ1) is 12.7. The molecule has 1 heterocycles. The van der Waals surface area contributed by atoms with Crippen molar-refractivity contribution >= 4 is 23.1 Å². The van der Waals surface area contributed by atoms with E-state index < -0.39 is 11.8 Å². The van der Waals surface area contributed by atoms with E-state index in [1.54, 1.807) is 13.0 Å². The van der Waals surface area contributed by atoms with E-state index in [-0.39, 0.29) is 6.61 Å². The summed E-state index contributed by atoms with van der Waals surface area (Å²) in [5.41, 5.74) is 0.861. The highest BCUT2D eigenvalue weighted by molar-refractivity contribution is 7.16. The number of ether oxygens (including phenoxy) is 2. The Kier molecular flexibility index (Phi) is 4.49. The van der Waals surface area contributed by atoms with E-state index in [1.807, 2.05) is 13.8 Å². The first-order chi connectivity index (χ1) is 7.60. The van der Waals surface area contributed by atoms with Gasteiger partial charge in [0.2, 0.25) is 0 Å². The smallest absolute Gasteiger partial charge is 0.380 e. The van der Waals surface area contributed by atoms with Crippen LogP contribution in [0, 0.1) is 6.92 Å². The van der Waals surface area contributed by atoms with E-state index in [2.05, 4.69) is 4.74 Å². The van der Waals surface area contributed by atoms with Crippen molar-refractivity contribution < 1.29 is 19.1 Å². The number of hydrogen-bond acceptors (Lipinski definition) is 5. The minimum absolute atomic E-state index is 0.202. The molecule has 0 aliphatic carbocycles. The van der Waals surface area contributed by atoms with Crippen LogP contribution in [0.1, 0.15) is 29.1 Å². The molecule has 0 bridgehead atoms. The molecule has 0 fully saturated rings. The Labute approximate surface area is 98.2 Å². The second kappa shape index (κ2) is 5.65. The minimum atomic E-state index is -0.813. The van der Waals surface area contributed by atoms with Crippen molar-refractivity contribution in [3.05, 3.63) is 16.5 Å². The van der Waals surface area contributed by atoms with Gasteiger partial charge in [0, 0.05) is 5.56 Å². The van der Waals surface area contributed by atoms with Crippen LogP contribution in [-0.4, -0.2) is 25.0 Å². The first-order valence-corrected chi connectivity index (χ1v) is 5.86. The van der Waals surface area contributed by atoms with E-state index in [0.29, 0.717) is 16.5 Å². The summed E-state index contributed by atoms with van der Waals surface area (Å²) in [4.78, 5) is 23.2. The second-order valence-electron chi connectivity index (χ2n) is 3.06. The quantitative estimate of drug-likeness (QED) is 0.451. The maximum absolute atomic E-state index is 11.6. The second-order valence-corrected chi connectivity index (χ2v) is 4.08. The van der Waals surface area contributed by atoms with E-state index in [4.69, 9.17) is 4.74 Å². The zero-order valence-electron chi connectivity index (χ0n) is 9.53. The van der Waals surface area contributed by atoms with Crippen LogP contribution in [0.5, 0.6) is 5.06 Å². The Balaban J connectivity index is 2.84. The van der Waals surface area contributed by atoms with E-state index in [9.17, 15) is 9.59 Å². The average molecular weight is 242 g/mol. The summed E-state index contributed by atoms with van der Waals surface area (Å²) in [7, 11) is 0. The molecule has 0 amide bonds. The minimum Gasteiger partial charge on any atom is -0.484 e. The fourth-order valence-electron chi connectivity index (χ4n) is 1.15. The molecule has 88 valence electrons. The highest BCUT2D eigenvalue weighted by Gasteiger charge is 2.21. The van der Waals surface area contributed by atoms with Crippen molar-refractivity contribution in [2.24, 2.45) is 0 Å². The van der Waals surface area contributed by atoms with Crippen LogP contribution in [-0.2, 0) is 9.53 Å². The molecular formula is C11H14O4S. The predicted molar refractivity (Wildman–Crippen MR) is 61.2 cm³/mol. The van der Waals surface area contributed by atoms with E-state index >= 15 is 0 Å². The molecule has 1 aromatic rings. The van der Waals surface area contributed by atoms with Crippen LogP contribution in [0.3, 0.4) is 0 Å². The van der Waals surface area contributed by atoms with Crippen LogP contribution in [0.4, 0.5) is 0 Å². The number of ketones is 1. The van der Waals surface area contributed by atoms with Crippen LogP contribution in [0.15, 0.2) is 6.07 Å². The Hall–Kier alpha value is -1.36. The molecule has 0 radical (unpaired) electrons. The molecule has 0 N–H and O–H groups in total. The molecule has 0 saturated carbocycles. The van der Waals surface area contributed by atoms with Crippen molar-refractivity contribution in [3.8, 4) is 5.06 Å². The summed E-state index contributed by atoms with van der Waals surface area (Å²) in [5.74, 6) is -1.42. The lowest BCUT2D eigenvalue weighted by molar-refractivity contribution is -0.137. The third-order valence-electron chi connectivity index (χ3n) is 1.83. The molecule has 1 rings (SSSR count). The topological polar surface area (TPSA) is 52.6 Å². The molecule has 0 aromatic carbocycles. The number of carbonyl (C=O) groups is 2. The molecule has 4 nitrogen and oxygen atoms in total. The van der Waals surface area contributed by atoms with Gasteiger partial charge in [-0.2, -0.15) is 0 Å². The number of hydrogen-bond donors (Lipinski definition) is 0. The molecule has 16 heavy (non-hydrogen) atoms. The molecular weight excluding hydrogens is 228 g/mol. The molecule has 0 spiro atoms. The van der Waals surface area contributed by atoms with Crippen molar-refractivity contribution in [3.63, 3.8) is 0 Å². The summed E-state index contributed by atoms with van der Waals surface area (Å²) >= 11 is 1.17. The molecule has 0 atom stereocenters. The standard InChI is InChI=1S/C11H14O4S/c1-4-14-10(13)9(12)8-6-7(3)11(16-8)15-5-2/h6H,4-5H2,1-3H3. The van der Waals surface area contributed by atoms with Gasteiger partial charge in [-0.3, -0.25) is 4.79 Å². The van der Waals surface area contributed by atoms with Gasteiger partial charge in [0.05, 0.1) is 18.1 Å². The summed E-state index contributed by atoms with van der Waals surface area (Å²) in [6, 6.07) is 1.65. The fraction of sp³-hybridized carbons (Fsp3) is 0.455. The van der Waals surface area contributed by atoms with Gasteiger partial charge >= 0.3 is 5.97 Å². The predicted octanol–water partition coefficient (Wildman–Crippen LogP) is 2.20. The Bertz CT molecular complexity index is 395. The number of esters is 1. The Morgan fingerprint density at radius 1 is 1.31 bits per heavy atom. The van der Waals surface area contributed by atoms with Crippen molar-refractivity contribution in [2.75, 3.05) is 13.2 Å². The van der Waals surface area contributed by atoms with Crippen LogP contribution < -0.4 is 4.74 Å². The maximum atomic E-state index is 11.6. The molecule has 0 aliphatic rings. The van der Waals surface area contributed by atoms with Gasteiger partial charge in [-0.15, -0.1) is 0 Å². The molecule has 5 heteroatoms. The van der Waals surface area contributed by atoms with Gasteiger partial charge < -0.3 is 9.47 Å². The molecule has 0 unspecified atom stereocenters. The number of carbonyl (C=O) groups excluding carboxylic acids is 2. The molecule has 0 aliphatic heterocycles. The molecule has 0 saturated heterocycles. The van der Waals surface area contributed by atoms with Crippen molar-refractivity contribution in [2.45, 2.75) is 20.8 Å². The highest BCUT2D eigenvalue weighted by Crippen LogP contribution is 2.30. The normalized spacial score (nSPS) is 9.94. The van der Waals surface area contributed by atoms with E-state index in [0.717, 1.165) is 5.56 Å². The number of Topliss-reactive ketones (excluding diaryl/α,β-unsaturated/α-hetero) is 1. The van der Waals surface area contributed by atoms with Crippen LogP contribution >= 0.6 is 11.3 Å². The zero-order valence-corrected chi connectivity index (χ0v) is 10.3. The van der Waals surface area contributed by atoms with Gasteiger partial charge in [0.1, 0.15) is 0 Å². The monoisotopic (exact) mass is 242 g/mol. The SMILES string of the molecule is CCOC(=O)C(=O)c1cc(C)c(OCC)s1. The summed E-state index contributed by atoms with van der Waals surface area (Å²) < 4.78 is 9.97. The third kappa shape index (κ3) is 2.82. The van der Waals surface area contributed by atoms with Crippen molar-refractivity contribution in [1.29, 1.82) is 0 Å². The largest absolute Gasteiger partial charge is 0.484 e.